The number of pyridine rings is 2. The number of carboxylic acid groups (broad SMARTS) is 1. The van der Waals surface area contributed by atoms with Crippen molar-refractivity contribution in [3.05, 3.63) is 110 Å². The van der Waals surface area contributed by atoms with Crippen LogP contribution in [0.1, 0.15) is 110 Å². The first-order chi connectivity index (χ1) is 39.2. The van der Waals surface area contributed by atoms with Crippen molar-refractivity contribution in [2.75, 3.05) is 39.4 Å². The van der Waals surface area contributed by atoms with Crippen molar-refractivity contribution in [1.29, 1.82) is 0 Å². The molecule has 8 N–H and O–H groups in total. The van der Waals surface area contributed by atoms with Crippen LogP contribution in [0.15, 0.2) is 59.4 Å². The summed E-state index contributed by atoms with van der Waals surface area (Å²) in [6.45, 7) is 0.806. The normalized spacial score (nSPS) is 17.3. The molecule has 25 heteroatoms. The number of imide groups is 1. The minimum absolute atomic E-state index is 0.0274. The molecule has 0 spiro atoms. The molecule has 5 heterocycles. The van der Waals surface area contributed by atoms with E-state index in [1.165, 1.54) is 22.8 Å². The minimum Gasteiger partial charge on any atom is -0.481 e. The SMILES string of the molecule is CC[C@@]1(O)C(=O)OCc2c1cc1n(c2=O)Cc2c-1nc1cc(F)c(C)c3c1c2[C@@H](NC(=O)CCCN(CC(N)=O)C(=O)[C@H](Cc1ccccc1)NC(=O)CNC(=O)COC[C@H](CC(=O)O)NC(=O)CCCCCN1C(=O)C=CC1=O)CC3. The Balaban J connectivity index is 0.874. The van der Waals surface area contributed by atoms with Gasteiger partial charge < -0.3 is 56.2 Å². The van der Waals surface area contributed by atoms with Crippen molar-refractivity contribution >= 4 is 70.1 Å². The third kappa shape index (κ3) is 13.4. The zero-order valence-electron chi connectivity index (χ0n) is 45.3. The number of benzene rings is 2. The van der Waals surface area contributed by atoms with E-state index in [9.17, 15) is 63.0 Å². The van der Waals surface area contributed by atoms with Gasteiger partial charge in [0, 0.05) is 67.1 Å². The Kier molecular flexibility index (Phi) is 18.7. The summed E-state index contributed by atoms with van der Waals surface area (Å²) in [5.41, 5.74) is 7.22. The van der Waals surface area contributed by atoms with Gasteiger partial charge in [0.05, 0.1) is 67.2 Å². The highest BCUT2D eigenvalue weighted by Crippen LogP contribution is 2.46. The Labute approximate surface area is 468 Å². The van der Waals surface area contributed by atoms with Gasteiger partial charge in [0.15, 0.2) is 5.60 Å². The van der Waals surface area contributed by atoms with Crippen molar-refractivity contribution in [2.24, 2.45) is 5.73 Å². The van der Waals surface area contributed by atoms with E-state index in [2.05, 4.69) is 21.3 Å². The number of aryl methyl sites for hydroxylation is 1. The number of hydrogen-bond acceptors (Lipinski definition) is 15. The number of nitrogens with one attached hydrogen (secondary N) is 4. The van der Waals surface area contributed by atoms with Crippen LogP contribution < -0.4 is 32.6 Å². The van der Waals surface area contributed by atoms with Crippen molar-refractivity contribution in [1.82, 2.24) is 40.6 Å². The number of aliphatic hydroxyl groups is 1. The highest BCUT2D eigenvalue weighted by molar-refractivity contribution is 6.12. The van der Waals surface area contributed by atoms with Gasteiger partial charge in [-0.05, 0) is 73.8 Å². The highest BCUT2D eigenvalue weighted by Gasteiger charge is 2.46. The predicted molar refractivity (Wildman–Crippen MR) is 288 cm³/mol. The number of carbonyl (C=O) groups excluding carboxylic acids is 9. The molecule has 82 heavy (non-hydrogen) atoms. The van der Waals surface area contributed by atoms with Gasteiger partial charge >= 0.3 is 11.9 Å². The van der Waals surface area contributed by atoms with E-state index in [1.54, 1.807) is 50.2 Å². The highest BCUT2D eigenvalue weighted by atomic mass is 19.1. The summed E-state index contributed by atoms with van der Waals surface area (Å²) in [7, 11) is 0. The molecule has 4 aromatic rings. The summed E-state index contributed by atoms with van der Waals surface area (Å²) in [6, 6.07) is 8.57. The molecule has 2 aromatic carbocycles. The van der Waals surface area contributed by atoms with Crippen LogP contribution >= 0.6 is 0 Å². The monoisotopic (exact) mass is 1130 g/mol. The number of cyclic esters (lactones) is 1. The lowest BCUT2D eigenvalue weighted by Crippen LogP contribution is -2.53. The maximum absolute atomic E-state index is 15.5. The van der Waals surface area contributed by atoms with E-state index in [1.807, 2.05) is 0 Å². The number of carboxylic acids is 1. The van der Waals surface area contributed by atoms with Crippen molar-refractivity contribution in [3.8, 4) is 11.4 Å². The number of unbranched alkanes of at least 4 members (excludes halogenated alkanes) is 2. The summed E-state index contributed by atoms with van der Waals surface area (Å²) in [5, 5.41) is 32.1. The van der Waals surface area contributed by atoms with Crippen LogP contribution in [-0.2, 0) is 89.0 Å². The fourth-order valence-corrected chi connectivity index (χ4v) is 10.9. The van der Waals surface area contributed by atoms with Crippen LogP contribution in [-0.4, -0.2) is 140 Å². The molecule has 8 rings (SSSR count). The third-order valence-corrected chi connectivity index (χ3v) is 15.1. The Hall–Kier alpha value is -8.71. The van der Waals surface area contributed by atoms with Crippen LogP contribution in [0, 0.1) is 12.7 Å². The first kappa shape index (κ1) is 59.4. The molecule has 0 radical (unpaired) electrons. The van der Waals surface area contributed by atoms with Gasteiger partial charge in [-0.25, -0.2) is 14.2 Å². The van der Waals surface area contributed by atoms with E-state index < -0.39 is 120 Å². The largest absolute Gasteiger partial charge is 0.481 e. The fourth-order valence-electron chi connectivity index (χ4n) is 10.9. The second kappa shape index (κ2) is 25.8. The summed E-state index contributed by atoms with van der Waals surface area (Å²) in [6.07, 6.45) is 3.74. The van der Waals surface area contributed by atoms with Crippen LogP contribution in [0.25, 0.3) is 22.3 Å². The molecule has 0 fully saturated rings. The van der Waals surface area contributed by atoms with Crippen LogP contribution in [0.4, 0.5) is 4.39 Å². The Bertz CT molecular complexity index is 3330. The van der Waals surface area contributed by atoms with Gasteiger partial charge in [0.1, 0.15) is 25.1 Å². The zero-order valence-corrected chi connectivity index (χ0v) is 45.3. The quantitative estimate of drug-likeness (QED) is 0.0219. The molecule has 24 nitrogen and oxygen atoms in total. The first-order valence-corrected chi connectivity index (χ1v) is 27.1. The zero-order chi connectivity index (χ0) is 59.0. The Morgan fingerprint density at radius 3 is 2.37 bits per heavy atom. The number of rotatable bonds is 27. The van der Waals surface area contributed by atoms with E-state index in [0.717, 1.165) is 9.80 Å². The van der Waals surface area contributed by atoms with E-state index in [-0.39, 0.29) is 76.1 Å². The van der Waals surface area contributed by atoms with Crippen molar-refractivity contribution < 1.29 is 72.0 Å². The average molecular weight is 1130 g/mol. The maximum atomic E-state index is 15.5. The molecule has 0 saturated heterocycles. The Morgan fingerprint density at radius 1 is 0.927 bits per heavy atom. The number of halogens is 1. The number of esters is 1. The second-order valence-electron chi connectivity index (χ2n) is 20.7. The van der Waals surface area contributed by atoms with Gasteiger partial charge in [-0.15, -0.1) is 0 Å². The topological polar surface area (TPSA) is 345 Å². The molecule has 2 aromatic heterocycles. The number of amides is 8. The molecule has 4 atom stereocenters. The second-order valence-corrected chi connectivity index (χ2v) is 20.7. The smallest absolute Gasteiger partial charge is 0.343 e. The summed E-state index contributed by atoms with van der Waals surface area (Å²) >= 11 is 0. The number of aromatic nitrogens is 2. The molecule has 4 aliphatic rings. The fraction of sp³-hybridized carbons (Fsp3) is 0.439. The average Bonchev–Trinajstić information content (AvgIpc) is 4.06. The molecular formula is C57H64FN9O15. The molecule has 0 bridgehead atoms. The number of primary amides is 1. The molecular weight excluding hydrogens is 1070 g/mol. The number of carbonyl (C=O) groups is 10. The first-order valence-electron chi connectivity index (χ1n) is 27.1. The maximum Gasteiger partial charge on any atom is 0.343 e. The molecule has 0 unspecified atom stereocenters. The van der Waals surface area contributed by atoms with Crippen LogP contribution in [0.3, 0.4) is 0 Å². The Morgan fingerprint density at radius 2 is 1.66 bits per heavy atom. The standard InChI is InChI=1S/C57H64FN9O15/c1-3-57(80)37-23-42-53-35(26-67(42)54(77)36(37)29-82-56(57)79)52-39(16-15-34-31(2)38(58)24-40(64-53)51(34)52)62-45(70)14-10-19-65(27-43(59)68)55(78)41(21-32-11-6-4-7-12-32)63-46(71)25-60-47(72)30-81-28-33(22-50(75)76)61-44(69)13-8-5-9-20-66-48(73)17-18-49(66)74/h4,6-7,11-12,17-18,23-24,33,39,41,80H,3,5,8-10,13-16,19-22,25-30H2,1-2H3,(H2,59,68)(H,60,72)(H,61,69)(H,62,70)(H,63,71)(H,75,76)/t33-,39-,41-,57-/m0/s1. The van der Waals surface area contributed by atoms with E-state index in [0.29, 0.717) is 82.2 Å². The molecule has 3 aliphatic heterocycles. The van der Waals surface area contributed by atoms with Gasteiger partial charge in [-0.3, -0.25) is 52.8 Å². The summed E-state index contributed by atoms with van der Waals surface area (Å²) < 4.78 is 27.6. The number of fused-ring (bicyclic) bond motifs is 5. The van der Waals surface area contributed by atoms with E-state index >= 15 is 4.39 Å². The number of ether oxygens (including phenoxy) is 2. The van der Waals surface area contributed by atoms with Crippen molar-refractivity contribution in [2.45, 2.75) is 121 Å². The number of nitrogens with two attached hydrogens (primary N) is 1. The minimum atomic E-state index is -2.08. The van der Waals surface area contributed by atoms with Crippen molar-refractivity contribution in [3.63, 3.8) is 0 Å². The molecule has 434 valence electrons. The lowest BCUT2D eigenvalue weighted by Gasteiger charge is -2.31. The van der Waals surface area contributed by atoms with Gasteiger partial charge in [-0.1, -0.05) is 43.7 Å². The van der Waals surface area contributed by atoms with Crippen LogP contribution in [0.2, 0.25) is 0 Å². The summed E-state index contributed by atoms with van der Waals surface area (Å²) in [5.74, 6) is -7.47. The van der Waals surface area contributed by atoms with Gasteiger partial charge in [-0.2, -0.15) is 0 Å². The third-order valence-electron chi connectivity index (χ3n) is 15.1. The predicted octanol–water partition coefficient (Wildman–Crippen LogP) is 1.03. The lowest BCUT2D eigenvalue weighted by atomic mass is 9.81. The number of nitrogens with zero attached hydrogens (tertiary/aromatic N) is 4. The molecule has 0 saturated carbocycles. The summed E-state index contributed by atoms with van der Waals surface area (Å²) in [4.78, 5) is 148. The number of hydrogen-bond donors (Lipinski definition) is 7. The molecule has 8 amide bonds. The molecule has 1 aliphatic carbocycles. The van der Waals surface area contributed by atoms with Crippen LogP contribution in [0.5, 0.6) is 0 Å². The number of aliphatic carboxylic acids is 1. The van der Waals surface area contributed by atoms with Gasteiger partial charge in [0.2, 0.25) is 35.4 Å². The lowest BCUT2D eigenvalue weighted by molar-refractivity contribution is -0.172. The van der Waals surface area contributed by atoms with E-state index in [4.69, 9.17) is 20.2 Å². The van der Waals surface area contributed by atoms with Gasteiger partial charge in [0.25, 0.3) is 17.4 Å².